The zero-order valence-corrected chi connectivity index (χ0v) is 17.4. The summed E-state index contributed by atoms with van der Waals surface area (Å²) < 4.78 is 0. The maximum Gasteiger partial charge on any atom is 0.227 e. The number of hydrogen-bond donors (Lipinski definition) is 1. The van der Waals surface area contributed by atoms with Crippen LogP contribution in [-0.2, 0) is 27.5 Å². The van der Waals surface area contributed by atoms with Crippen LogP contribution in [0.15, 0.2) is 48.5 Å². The lowest BCUT2D eigenvalue weighted by molar-refractivity contribution is -0.128. The van der Waals surface area contributed by atoms with E-state index in [0.717, 1.165) is 29.8 Å². The Balaban J connectivity index is 1.32. The summed E-state index contributed by atoms with van der Waals surface area (Å²) >= 11 is 5.91. The lowest BCUT2D eigenvalue weighted by atomic mass is 10.1. The van der Waals surface area contributed by atoms with Gasteiger partial charge in [-0.05, 0) is 41.8 Å². The number of carbonyl (C=O) groups excluding carboxylic acids is 3. The van der Waals surface area contributed by atoms with Crippen LogP contribution in [0.25, 0.3) is 0 Å². The molecule has 0 saturated carbocycles. The van der Waals surface area contributed by atoms with Crippen molar-refractivity contribution in [2.24, 2.45) is 5.92 Å². The van der Waals surface area contributed by atoms with Gasteiger partial charge in [0.1, 0.15) is 0 Å². The number of likely N-dealkylation sites (tertiary alicyclic amines) is 1. The van der Waals surface area contributed by atoms with Crippen molar-refractivity contribution < 1.29 is 14.4 Å². The molecule has 2 aliphatic heterocycles. The molecule has 2 aliphatic rings. The summed E-state index contributed by atoms with van der Waals surface area (Å²) in [6, 6.07) is 15.0. The van der Waals surface area contributed by atoms with E-state index in [1.165, 1.54) is 0 Å². The first kappa shape index (κ1) is 20.4. The van der Waals surface area contributed by atoms with E-state index in [4.69, 9.17) is 11.6 Å². The molecule has 1 N–H and O–H groups in total. The molecule has 156 valence electrons. The molecule has 0 radical (unpaired) electrons. The highest BCUT2D eigenvalue weighted by Gasteiger charge is 2.35. The number of hydrogen-bond acceptors (Lipinski definition) is 3. The maximum absolute atomic E-state index is 12.6. The van der Waals surface area contributed by atoms with Crippen molar-refractivity contribution in [3.05, 3.63) is 64.7 Å². The summed E-state index contributed by atoms with van der Waals surface area (Å²) in [4.78, 5) is 40.3. The van der Waals surface area contributed by atoms with Gasteiger partial charge in [-0.2, -0.15) is 0 Å². The number of anilines is 1. The highest BCUT2D eigenvalue weighted by atomic mass is 35.5. The molecule has 0 bridgehead atoms. The summed E-state index contributed by atoms with van der Waals surface area (Å²) in [5.41, 5.74) is 2.79. The standard InChI is InChI=1S/C23H24ClN3O3/c24-19-6-8-20(9-7-19)27-15-18(12-22(27)29)23(30)25-13-16-3-1-4-17(11-16)14-26-10-2-5-21(26)28/h1,3-4,6-9,11,18H,2,5,10,12-15H2,(H,25,30). The molecule has 2 fully saturated rings. The topological polar surface area (TPSA) is 69.7 Å². The highest BCUT2D eigenvalue weighted by molar-refractivity contribution is 6.30. The molecular weight excluding hydrogens is 402 g/mol. The molecule has 0 spiro atoms. The third kappa shape index (κ3) is 4.65. The molecule has 1 atom stereocenters. The third-order valence-corrected chi connectivity index (χ3v) is 5.89. The van der Waals surface area contributed by atoms with Gasteiger partial charge in [0.2, 0.25) is 17.7 Å². The molecule has 7 heteroatoms. The summed E-state index contributed by atoms with van der Waals surface area (Å²) in [5, 5.41) is 3.56. The van der Waals surface area contributed by atoms with Crippen molar-refractivity contribution in [2.45, 2.75) is 32.4 Å². The zero-order chi connectivity index (χ0) is 21.1. The van der Waals surface area contributed by atoms with Crippen molar-refractivity contribution >= 4 is 35.0 Å². The Bertz CT molecular complexity index is 960. The first-order valence-electron chi connectivity index (χ1n) is 10.2. The minimum Gasteiger partial charge on any atom is -0.352 e. The Hall–Kier alpha value is -2.86. The molecule has 2 saturated heterocycles. The average molecular weight is 426 g/mol. The minimum atomic E-state index is -0.376. The van der Waals surface area contributed by atoms with Gasteiger partial charge in [-0.3, -0.25) is 14.4 Å². The van der Waals surface area contributed by atoms with Gasteiger partial charge in [-0.15, -0.1) is 0 Å². The molecule has 2 aromatic carbocycles. The molecule has 2 heterocycles. The predicted molar refractivity (Wildman–Crippen MR) is 115 cm³/mol. The molecule has 0 aromatic heterocycles. The van der Waals surface area contributed by atoms with Crippen LogP contribution >= 0.6 is 11.6 Å². The first-order valence-corrected chi connectivity index (χ1v) is 10.6. The van der Waals surface area contributed by atoms with Gasteiger partial charge in [0.05, 0.1) is 5.92 Å². The summed E-state index contributed by atoms with van der Waals surface area (Å²) in [6.07, 6.45) is 1.75. The van der Waals surface area contributed by atoms with E-state index in [2.05, 4.69) is 5.32 Å². The van der Waals surface area contributed by atoms with E-state index < -0.39 is 0 Å². The lowest BCUT2D eigenvalue weighted by Crippen LogP contribution is -2.32. The number of benzene rings is 2. The zero-order valence-electron chi connectivity index (χ0n) is 16.6. The molecule has 2 aromatic rings. The SMILES string of the molecule is O=C(NCc1cccc(CN2CCCC2=O)c1)C1CC(=O)N(c2ccc(Cl)cc2)C1. The highest BCUT2D eigenvalue weighted by Crippen LogP contribution is 2.26. The lowest BCUT2D eigenvalue weighted by Gasteiger charge is -2.17. The average Bonchev–Trinajstić information content (AvgIpc) is 3.33. The quantitative estimate of drug-likeness (QED) is 0.773. The Morgan fingerprint density at radius 2 is 1.83 bits per heavy atom. The van der Waals surface area contributed by atoms with Crippen LogP contribution in [0, 0.1) is 5.92 Å². The van der Waals surface area contributed by atoms with E-state index in [0.29, 0.717) is 31.1 Å². The first-order chi connectivity index (χ1) is 14.5. The molecule has 1 unspecified atom stereocenters. The van der Waals surface area contributed by atoms with Crippen LogP contribution in [0.3, 0.4) is 0 Å². The summed E-state index contributed by atoms with van der Waals surface area (Å²) in [5.74, 6) is -0.363. The van der Waals surface area contributed by atoms with E-state index in [1.54, 1.807) is 29.2 Å². The number of carbonyl (C=O) groups is 3. The minimum absolute atomic E-state index is 0.0604. The Labute approximate surface area is 180 Å². The van der Waals surface area contributed by atoms with Gasteiger partial charge in [0.15, 0.2) is 0 Å². The van der Waals surface area contributed by atoms with Crippen LogP contribution in [0.5, 0.6) is 0 Å². The van der Waals surface area contributed by atoms with Crippen molar-refractivity contribution in [1.82, 2.24) is 10.2 Å². The van der Waals surface area contributed by atoms with Crippen molar-refractivity contribution in [3.8, 4) is 0 Å². The van der Waals surface area contributed by atoms with E-state index in [1.807, 2.05) is 29.2 Å². The molecule has 6 nitrogen and oxygen atoms in total. The number of amides is 3. The van der Waals surface area contributed by atoms with Crippen molar-refractivity contribution in [1.29, 1.82) is 0 Å². The van der Waals surface area contributed by atoms with Crippen LogP contribution in [0.4, 0.5) is 5.69 Å². The predicted octanol–water partition coefficient (Wildman–Crippen LogP) is 3.13. The summed E-state index contributed by atoms with van der Waals surface area (Å²) in [7, 11) is 0. The van der Waals surface area contributed by atoms with Gasteiger partial charge >= 0.3 is 0 Å². The summed E-state index contributed by atoms with van der Waals surface area (Å²) in [6.45, 7) is 2.17. The molecule has 4 rings (SSSR count). The molecule has 30 heavy (non-hydrogen) atoms. The second-order valence-electron chi connectivity index (χ2n) is 7.84. The van der Waals surface area contributed by atoms with Gasteiger partial charge in [-0.25, -0.2) is 0 Å². The van der Waals surface area contributed by atoms with Crippen molar-refractivity contribution in [2.75, 3.05) is 18.0 Å². The Morgan fingerprint density at radius 1 is 1.07 bits per heavy atom. The second kappa shape index (κ2) is 8.88. The normalized spacial score (nSPS) is 18.9. The van der Waals surface area contributed by atoms with Crippen molar-refractivity contribution in [3.63, 3.8) is 0 Å². The van der Waals surface area contributed by atoms with Crippen LogP contribution in [0.2, 0.25) is 5.02 Å². The van der Waals surface area contributed by atoms with E-state index >= 15 is 0 Å². The number of nitrogens with zero attached hydrogens (tertiary/aromatic N) is 2. The van der Waals surface area contributed by atoms with Crippen LogP contribution < -0.4 is 10.2 Å². The van der Waals surface area contributed by atoms with E-state index in [-0.39, 0.29) is 30.1 Å². The molecule has 0 aliphatic carbocycles. The largest absolute Gasteiger partial charge is 0.352 e. The monoisotopic (exact) mass is 425 g/mol. The fraction of sp³-hybridized carbons (Fsp3) is 0.348. The second-order valence-corrected chi connectivity index (χ2v) is 8.27. The fourth-order valence-electron chi connectivity index (χ4n) is 4.02. The number of halogens is 1. The Kier molecular flexibility index (Phi) is 6.04. The number of rotatable bonds is 6. The third-order valence-electron chi connectivity index (χ3n) is 5.64. The van der Waals surface area contributed by atoms with Gasteiger partial charge in [0.25, 0.3) is 0 Å². The fourth-order valence-corrected chi connectivity index (χ4v) is 4.14. The van der Waals surface area contributed by atoms with Gasteiger partial charge in [0, 0.05) is 49.7 Å². The van der Waals surface area contributed by atoms with E-state index in [9.17, 15) is 14.4 Å². The molecule has 3 amide bonds. The van der Waals surface area contributed by atoms with Gasteiger partial charge in [-0.1, -0.05) is 35.9 Å². The van der Waals surface area contributed by atoms with Gasteiger partial charge < -0.3 is 15.1 Å². The molecular formula is C23H24ClN3O3. The number of nitrogens with one attached hydrogen (secondary N) is 1. The smallest absolute Gasteiger partial charge is 0.227 e. The Morgan fingerprint density at radius 3 is 2.57 bits per heavy atom. The maximum atomic E-state index is 12.6. The van der Waals surface area contributed by atoms with Crippen LogP contribution in [-0.4, -0.2) is 35.7 Å². The van der Waals surface area contributed by atoms with Crippen LogP contribution in [0.1, 0.15) is 30.4 Å².